The summed E-state index contributed by atoms with van der Waals surface area (Å²) in [6.07, 6.45) is -2.51. The predicted molar refractivity (Wildman–Crippen MR) is 62.1 cm³/mol. The van der Waals surface area contributed by atoms with E-state index in [0.29, 0.717) is 31.9 Å². The lowest BCUT2D eigenvalue weighted by Crippen LogP contribution is -2.38. The third-order valence-corrected chi connectivity index (χ3v) is 3.01. The first-order valence-corrected chi connectivity index (χ1v) is 5.82. The van der Waals surface area contributed by atoms with Crippen molar-refractivity contribution in [3.05, 3.63) is 35.4 Å². The van der Waals surface area contributed by atoms with E-state index in [9.17, 15) is 14.0 Å². The number of nitriles is 1. The Kier molecular flexibility index (Phi) is 4.24. The van der Waals surface area contributed by atoms with Crippen LogP contribution in [0.3, 0.4) is 0 Å². The highest BCUT2D eigenvalue weighted by atomic mass is 19.3. The third-order valence-electron chi connectivity index (χ3n) is 3.01. The lowest BCUT2D eigenvalue weighted by Gasteiger charge is -2.30. The summed E-state index contributed by atoms with van der Waals surface area (Å²) >= 11 is 0. The molecular formula is C13H14F2N2O. The molecule has 2 rings (SSSR count). The minimum absolute atomic E-state index is 0.0407. The van der Waals surface area contributed by atoms with Crippen molar-refractivity contribution in [1.29, 1.82) is 5.26 Å². The lowest BCUT2D eigenvalue weighted by atomic mass is 10.0. The quantitative estimate of drug-likeness (QED) is 0.829. The average molecular weight is 252 g/mol. The minimum atomic E-state index is -2.51. The molecule has 1 aromatic carbocycles. The summed E-state index contributed by atoms with van der Waals surface area (Å²) in [6.45, 7) is 2.45. The predicted octanol–water partition coefficient (Wildman–Crippen LogP) is 2.52. The number of hydrogen-bond acceptors (Lipinski definition) is 3. The highest BCUT2D eigenvalue weighted by Crippen LogP contribution is 2.26. The number of ether oxygens (including phenoxy) is 1. The van der Waals surface area contributed by atoms with Crippen molar-refractivity contribution in [3.63, 3.8) is 0 Å². The fourth-order valence-electron chi connectivity index (χ4n) is 2.07. The van der Waals surface area contributed by atoms with Crippen molar-refractivity contribution in [2.45, 2.75) is 12.5 Å². The molecule has 1 fully saturated rings. The van der Waals surface area contributed by atoms with Gasteiger partial charge in [-0.1, -0.05) is 18.2 Å². The first kappa shape index (κ1) is 12.9. The molecule has 1 saturated heterocycles. The maximum atomic E-state index is 12.6. The Hall–Kier alpha value is -1.51. The molecule has 96 valence electrons. The van der Waals surface area contributed by atoms with Crippen molar-refractivity contribution in [2.75, 3.05) is 26.3 Å². The van der Waals surface area contributed by atoms with Gasteiger partial charge in [0.15, 0.2) is 0 Å². The monoisotopic (exact) mass is 252 g/mol. The van der Waals surface area contributed by atoms with Gasteiger partial charge in [0.05, 0.1) is 19.3 Å². The van der Waals surface area contributed by atoms with Crippen molar-refractivity contribution >= 4 is 0 Å². The van der Waals surface area contributed by atoms with Gasteiger partial charge in [0.25, 0.3) is 6.43 Å². The Morgan fingerprint density at radius 1 is 1.22 bits per heavy atom. The minimum Gasteiger partial charge on any atom is -0.379 e. The standard InChI is InChI=1S/C13H14F2N2O/c14-13(15)11-3-1-2-10(8-11)12(9-16)17-4-6-18-7-5-17/h1-3,8,12-13H,4-7H2. The summed E-state index contributed by atoms with van der Waals surface area (Å²) in [5.41, 5.74) is 0.582. The Balaban J connectivity index is 2.21. The van der Waals surface area contributed by atoms with Crippen molar-refractivity contribution in [1.82, 2.24) is 4.90 Å². The van der Waals surface area contributed by atoms with E-state index in [0.717, 1.165) is 0 Å². The van der Waals surface area contributed by atoms with Crippen LogP contribution in [0.25, 0.3) is 0 Å². The molecule has 0 N–H and O–H groups in total. The van der Waals surface area contributed by atoms with Crippen molar-refractivity contribution < 1.29 is 13.5 Å². The van der Waals surface area contributed by atoms with E-state index >= 15 is 0 Å². The van der Waals surface area contributed by atoms with Gasteiger partial charge in [-0.3, -0.25) is 4.90 Å². The molecule has 0 aromatic heterocycles. The Morgan fingerprint density at radius 2 is 1.89 bits per heavy atom. The van der Waals surface area contributed by atoms with Crippen LogP contribution in [0.4, 0.5) is 8.78 Å². The van der Waals surface area contributed by atoms with E-state index in [1.807, 2.05) is 4.90 Å². The Morgan fingerprint density at radius 3 is 2.50 bits per heavy atom. The number of hydrogen-bond donors (Lipinski definition) is 0. The Labute approximate surface area is 105 Å². The van der Waals surface area contributed by atoms with Crippen LogP contribution in [-0.4, -0.2) is 31.2 Å². The number of benzene rings is 1. The van der Waals surface area contributed by atoms with E-state index in [-0.39, 0.29) is 5.56 Å². The first-order chi connectivity index (χ1) is 8.72. The van der Waals surface area contributed by atoms with E-state index in [1.54, 1.807) is 12.1 Å². The van der Waals surface area contributed by atoms with Crippen LogP contribution in [0.1, 0.15) is 23.6 Å². The van der Waals surface area contributed by atoms with E-state index in [2.05, 4.69) is 6.07 Å². The molecule has 5 heteroatoms. The molecule has 1 aromatic rings. The van der Waals surface area contributed by atoms with Crippen LogP contribution in [0.5, 0.6) is 0 Å². The maximum Gasteiger partial charge on any atom is 0.263 e. The smallest absolute Gasteiger partial charge is 0.263 e. The summed E-state index contributed by atoms with van der Waals surface area (Å²) in [5.74, 6) is 0. The Bertz CT molecular complexity index is 439. The van der Waals surface area contributed by atoms with Gasteiger partial charge in [-0.25, -0.2) is 8.78 Å². The zero-order valence-corrected chi connectivity index (χ0v) is 9.85. The van der Waals surface area contributed by atoms with Gasteiger partial charge in [0.1, 0.15) is 6.04 Å². The molecule has 1 aliphatic heterocycles. The van der Waals surface area contributed by atoms with Gasteiger partial charge >= 0.3 is 0 Å². The average Bonchev–Trinajstić information content (AvgIpc) is 2.41. The molecule has 1 unspecified atom stereocenters. The highest BCUT2D eigenvalue weighted by molar-refractivity contribution is 5.30. The fourth-order valence-corrected chi connectivity index (χ4v) is 2.07. The summed E-state index contributed by atoms with van der Waals surface area (Å²) < 4.78 is 30.5. The van der Waals surface area contributed by atoms with Gasteiger partial charge < -0.3 is 4.74 Å². The van der Waals surface area contributed by atoms with Gasteiger partial charge in [-0.2, -0.15) is 5.26 Å². The molecule has 0 spiro atoms. The third kappa shape index (κ3) is 2.84. The summed E-state index contributed by atoms with van der Waals surface area (Å²) in [5, 5.41) is 9.24. The molecule has 1 aliphatic rings. The normalized spacial score (nSPS) is 18.6. The SMILES string of the molecule is N#CC(c1cccc(C(F)F)c1)N1CCOCC1. The number of nitrogens with zero attached hydrogens (tertiary/aromatic N) is 2. The molecule has 0 amide bonds. The van der Waals surface area contributed by atoms with Crippen LogP contribution in [0, 0.1) is 11.3 Å². The fraction of sp³-hybridized carbons (Fsp3) is 0.462. The second-order valence-electron chi connectivity index (χ2n) is 4.15. The molecule has 0 radical (unpaired) electrons. The highest BCUT2D eigenvalue weighted by Gasteiger charge is 2.23. The first-order valence-electron chi connectivity index (χ1n) is 5.82. The molecule has 0 aliphatic carbocycles. The molecular weight excluding hydrogens is 238 g/mol. The molecule has 0 bridgehead atoms. The molecule has 0 saturated carbocycles. The summed E-state index contributed by atoms with van der Waals surface area (Å²) in [6, 6.07) is 7.78. The lowest BCUT2D eigenvalue weighted by molar-refractivity contribution is 0.0266. The van der Waals surface area contributed by atoms with Gasteiger partial charge in [0, 0.05) is 18.7 Å². The maximum absolute atomic E-state index is 12.6. The van der Waals surface area contributed by atoms with Gasteiger partial charge in [-0.15, -0.1) is 0 Å². The largest absolute Gasteiger partial charge is 0.379 e. The van der Waals surface area contributed by atoms with Crippen LogP contribution in [0.15, 0.2) is 24.3 Å². The van der Waals surface area contributed by atoms with E-state index in [1.165, 1.54) is 12.1 Å². The van der Waals surface area contributed by atoms with Gasteiger partial charge in [0.2, 0.25) is 0 Å². The second-order valence-corrected chi connectivity index (χ2v) is 4.15. The van der Waals surface area contributed by atoms with E-state index < -0.39 is 12.5 Å². The number of halogens is 2. The van der Waals surface area contributed by atoms with Crippen LogP contribution >= 0.6 is 0 Å². The number of morpholine rings is 1. The molecule has 1 atom stereocenters. The van der Waals surface area contributed by atoms with Crippen LogP contribution in [-0.2, 0) is 4.74 Å². The van der Waals surface area contributed by atoms with Crippen molar-refractivity contribution in [2.24, 2.45) is 0 Å². The number of rotatable bonds is 3. The van der Waals surface area contributed by atoms with Crippen LogP contribution in [0.2, 0.25) is 0 Å². The molecule has 18 heavy (non-hydrogen) atoms. The van der Waals surface area contributed by atoms with E-state index in [4.69, 9.17) is 4.74 Å². The summed E-state index contributed by atoms with van der Waals surface area (Å²) in [4.78, 5) is 1.95. The summed E-state index contributed by atoms with van der Waals surface area (Å²) in [7, 11) is 0. The zero-order chi connectivity index (χ0) is 13.0. The van der Waals surface area contributed by atoms with Crippen LogP contribution < -0.4 is 0 Å². The zero-order valence-electron chi connectivity index (χ0n) is 9.85. The number of alkyl halides is 2. The second kappa shape index (κ2) is 5.89. The molecule has 3 nitrogen and oxygen atoms in total. The molecule has 1 heterocycles. The van der Waals surface area contributed by atoms with Crippen molar-refractivity contribution in [3.8, 4) is 6.07 Å². The van der Waals surface area contributed by atoms with Gasteiger partial charge in [-0.05, 0) is 11.6 Å². The topological polar surface area (TPSA) is 36.3 Å².